The number of amides is 2. The van der Waals surface area contributed by atoms with Crippen molar-refractivity contribution in [1.29, 1.82) is 0 Å². The number of carbonyl (C=O) groups excluding carboxylic acids is 2. The lowest BCUT2D eigenvalue weighted by Gasteiger charge is -2.37. The van der Waals surface area contributed by atoms with Crippen LogP contribution in [0.1, 0.15) is 24.5 Å². The normalized spacial score (nSPS) is 15.8. The van der Waals surface area contributed by atoms with Gasteiger partial charge in [-0.25, -0.2) is 0 Å². The summed E-state index contributed by atoms with van der Waals surface area (Å²) < 4.78 is 0. The highest BCUT2D eigenvalue weighted by Crippen LogP contribution is 2.30. The van der Waals surface area contributed by atoms with Crippen LogP contribution in [0, 0.1) is 6.92 Å². The Morgan fingerprint density at radius 2 is 1.85 bits per heavy atom. The number of para-hydroxylation sites is 1. The van der Waals surface area contributed by atoms with Gasteiger partial charge in [0.1, 0.15) is 0 Å². The highest BCUT2D eigenvalue weighted by Gasteiger charge is 2.26. The van der Waals surface area contributed by atoms with Gasteiger partial charge in [0.15, 0.2) is 0 Å². The fraction of sp³-hybridized carbons (Fsp3) is 0.364. The molecular weight excluding hydrogens is 338 g/mol. The van der Waals surface area contributed by atoms with Crippen molar-refractivity contribution in [3.63, 3.8) is 0 Å². The lowest BCUT2D eigenvalue weighted by atomic mass is 9.96. The molecule has 0 aromatic heterocycles. The van der Waals surface area contributed by atoms with Crippen molar-refractivity contribution in [1.82, 2.24) is 4.90 Å². The largest absolute Gasteiger partial charge is 0.359 e. The molecule has 0 fully saturated rings. The van der Waals surface area contributed by atoms with Crippen LogP contribution in [0.4, 0.5) is 11.4 Å². The molecule has 142 valence electrons. The van der Waals surface area contributed by atoms with Crippen molar-refractivity contribution in [3.05, 3.63) is 59.7 Å². The minimum atomic E-state index is -0.193. The van der Waals surface area contributed by atoms with Crippen molar-refractivity contribution in [2.45, 2.75) is 32.7 Å². The molecule has 27 heavy (non-hydrogen) atoms. The predicted molar refractivity (Wildman–Crippen MR) is 109 cm³/mol. The molecule has 1 atom stereocenters. The third-order valence-electron chi connectivity index (χ3n) is 5.11. The standard InChI is InChI=1S/C22H27N3O2/c1-16-8-12-19(13-9-16)23-21(26)14-24(3)22(27)15-25-17(2)10-11-18-6-4-5-7-20(18)25/h4-9,12-13,17H,10-11,14-15H2,1-3H3,(H,23,26)/t17-/m1/s1. The van der Waals surface area contributed by atoms with E-state index in [0.717, 1.165) is 29.8 Å². The van der Waals surface area contributed by atoms with Crippen LogP contribution in [0.5, 0.6) is 0 Å². The van der Waals surface area contributed by atoms with Crippen LogP contribution in [0.15, 0.2) is 48.5 Å². The maximum atomic E-state index is 12.7. The van der Waals surface area contributed by atoms with E-state index in [1.807, 2.05) is 43.3 Å². The molecule has 5 heteroatoms. The predicted octanol–water partition coefficient (Wildman–Crippen LogP) is 3.23. The molecule has 0 saturated carbocycles. The molecule has 0 spiro atoms. The number of hydrogen-bond donors (Lipinski definition) is 1. The van der Waals surface area contributed by atoms with Crippen LogP contribution < -0.4 is 10.2 Å². The molecule has 1 aliphatic heterocycles. The highest BCUT2D eigenvalue weighted by atomic mass is 16.2. The van der Waals surface area contributed by atoms with Crippen LogP contribution in [0.2, 0.25) is 0 Å². The van der Waals surface area contributed by atoms with E-state index in [2.05, 4.69) is 29.3 Å². The third kappa shape index (κ3) is 4.67. The minimum Gasteiger partial charge on any atom is -0.359 e. The molecular formula is C22H27N3O2. The second-order valence-corrected chi connectivity index (χ2v) is 7.31. The van der Waals surface area contributed by atoms with Gasteiger partial charge in [0.2, 0.25) is 11.8 Å². The van der Waals surface area contributed by atoms with Crippen LogP contribution in [-0.2, 0) is 16.0 Å². The van der Waals surface area contributed by atoms with E-state index in [-0.39, 0.29) is 24.9 Å². The number of hydrogen-bond acceptors (Lipinski definition) is 3. The van der Waals surface area contributed by atoms with E-state index in [1.54, 1.807) is 7.05 Å². The number of fused-ring (bicyclic) bond motifs is 1. The number of nitrogens with one attached hydrogen (secondary N) is 1. The number of aryl methyl sites for hydroxylation is 2. The molecule has 2 amide bonds. The fourth-order valence-electron chi connectivity index (χ4n) is 3.41. The first-order chi connectivity index (χ1) is 12.9. The first-order valence-corrected chi connectivity index (χ1v) is 9.39. The Bertz CT molecular complexity index is 817. The molecule has 1 aliphatic rings. The first kappa shape index (κ1) is 19.0. The van der Waals surface area contributed by atoms with E-state index in [4.69, 9.17) is 0 Å². The molecule has 0 saturated heterocycles. The van der Waals surface area contributed by atoms with E-state index in [1.165, 1.54) is 10.5 Å². The zero-order chi connectivity index (χ0) is 19.4. The van der Waals surface area contributed by atoms with Crippen LogP contribution in [0.3, 0.4) is 0 Å². The van der Waals surface area contributed by atoms with Gasteiger partial charge in [-0.1, -0.05) is 35.9 Å². The van der Waals surface area contributed by atoms with Crippen molar-refractivity contribution < 1.29 is 9.59 Å². The Balaban J connectivity index is 1.59. The Kier molecular flexibility index (Phi) is 5.79. The van der Waals surface area contributed by atoms with Gasteiger partial charge in [-0.15, -0.1) is 0 Å². The number of anilines is 2. The topological polar surface area (TPSA) is 52.7 Å². The smallest absolute Gasteiger partial charge is 0.243 e. The Morgan fingerprint density at radius 3 is 2.59 bits per heavy atom. The Labute approximate surface area is 161 Å². The summed E-state index contributed by atoms with van der Waals surface area (Å²) in [6, 6.07) is 16.2. The van der Waals surface area contributed by atoms with Crippen molar-refractivity contribution in [2.75, 3.05) is 30.4 Å². The summed E-state index contributed by atoms with van der Waals surface area (Å²) in [5, 5.41) is 2.84. The van der Waals surface area contributed by atoms with E-state index in [0.29, 0.717) is 6.04 Å². The number of benzene rings is 2. The molecule has 0 aliphatic carbocycles. The lowest BCUT2D eigenvalue weighted by Crippen LogP contribution is -2.46. The summed E-state index contributed by atoms with van der Waals surface area (Å²) in [7, 11) is 1.68. The molecule has 0 radical (unpaired) electrons. The number of carbonyl (C=O) groups is 2. The van der Waals surface area contributed by atoms with E-state index < -0.39 is 0 Å². The average Bonchev–Trinajstić information content (AvgIpc) is 2.65. The fourth-order valence-corrected chi connectivity index (χ4v) is 3.41. The van der Waals surface area contributed by atoms with Gasteiger partial charge in [0.25, 0.3) is 0 Å². The van der Waals surface area contributed by atoms with Crippen LogP contribution in [-0.4, -0.2) is 42.9 Å². The maximum Gasteiger partial charge on any atom is 0.243 e. The molecule has 0 bridgehead atoms. The third-order valence-corrected chi connectivity index (χ3v) is 5.11. The summed E-state index contributed by atoms with van der Waals surface area (Å²) in [5.74, 6) is -0.251. The zero-order valence-corrected chi connectivity index (χ0v) is 16.2. The number of rotatable bonds is 5. The van der Waals surface area contributed by atoms with Gasteiger partial charge in [0, 0.05) is 24.5 Å². The molecule has 5 nitrogen and oxygen atoms in total. The summed E-state index contributed by atoms with van der Waals surface area (Å²) in [6.07, 6.45) is 2.07. The van der Waals surface area contributed by atoms with Gasteiger partial charge in [-0.3, -0.25) is 9.59 Å². The second-order valence-electron chi connectivity index (χ2n) is 7.31. The van der Waals surface area contributed by atoms with Crippen molar-refractivity contribution in [2.24, 2.45) is 0 Å². The van der Waals surface area contributed by atoms with Crippen molar-refractivity contribution >= 4 is 23.2 Å². The number of likely N-dealkylation sites (N-methyl/N-ethyl adjacent to an activating group) is 1. The number of nitrogens with zero attached hydrogens (tertiary/aromatic N) is 2. The SMILES string of the molecule is Cc1ccc(NC(=O)CN(C)C(=O)CN2c3ccccc3CC[C@H]2C)cc1. The highest BCUT2D eigenvalue weighted by molar-refractivity contribution is 5.95. The molecule has 2 aromatic carbocycles. The van der Waals surface area contributed by atoms with Crippen LogP contribution in [0.25, 0.3) is 0 Å². The molecule has 2 aromatic rings. The average molecular weight is 365 g/mol. The van der Waals surface area contributed by atoms with E-state index in [9.17, 15) is 9.59 Å². The van der Waals surface area contributed by atoms with Gasteiger partial charge < -0.3 is 15.1 Å². The van der Waals surface area contributed by atoms with Gasteiger partial charge in [-0.05, 0) is 50.5 Å². The van der Waals surface area contributed by atoms with Crippen molar-refractivity contribution in [3.8, 4) is 0 Å². The Morgan fingerprint density at radius 1 is 1.15 bits per heavy atom. The monoisotopic (exact) mass is 365 g/mol. The summed E-state index contributed by atoms with van der Waals surface area (Å²) in [6.45, 7) is 4.47. The first-order valence-electron chi connectivity index (χ1n) is 9.39. The quantitative estimate of drug-likeness (QED) is 0.885. The minimum absolute atomic E-state index is 0.0383. The zero-order valence-electron chi connectivity index (χ0n) is 16.2. The summed E-state index contributed by atoms with van der Waals surface area (Å²) >= 11 is 0. The summed E-state index contributed by atoms with van der Waals surface area (Å²) in [5.41, 5.74) is 4.28. The summed E-state index contributed by atoms with van der Waals surface area (Å²) in [4.78, 5) is 28.6. The Hall–Kier alpha value is -2.82. The second kappa shape index (κ2) is 8.25. The van der Waals surface area contributed by atoms with Gasteiger partial charge >= 0.3 is 0 Å². The lowest BCUT2D eigenvalue weighted by molar-refractivity contribution is -0.132. The van der Waals surface area contributed by atoms with Gasteiger partial charge in [-0.2, -0.15) is 0 Å². The van der Waals surface area contributed by atoms with Crippen LogP contribution >= 0.6 is 0 Å². The molecule has 1 N–H and O–H groups in total. The molecule has 0 unspecified atom stereocenters. The van der Waals surface area contributed by atoms with E-state index >= 15 is 0 Å². The molecule has 3 rings (SSSR count). The van der Waals surface area contributed by atoms with Gasteiger partial charge in [0.05, 0.1) is 13.1 Å². The maximum absolute atomic E-state index is 12.7. The molecule has 1 heterocycles.